The lowest BCUT2D eigenvalue weighted by Crippen LogP contribution is -2.04. The highest BCUT2D eigenvalue weighted by molar-refractivity contribution is 6.18. The number of nitrogens with zero attached hydrogens (tertiary/aromatic N) is 5. The molecule has 9 rings (SSSR count). The van der Waals surface area contributed by atoms with Crippen LogP contribution in [0.5, 0.6) is 0 Å². The van der Waals surface area contributed by atoms with Gasteiger partial charge < -0.3 is 0 Å². The second-order valence-electron chi connectivity index (χ2n) is 10.1. The maximum Gasteiger partial charge on any atom is 0.235 e. The number of imidazole rings is 1. The van der Waals surface area contributed by atoms with Crippen LogP contribution in [0.25, 0.3) is 77.4 Å². The summed E-state index contributed by atoms with van der Waals surface area (Å²) in [5.41, 5.74) is 7.89. The minimum Gasteiger partial charge on any atom is -0.300 e. The van der Waals surface area contributed by atoms with Gasteiger partial charge in [0.25, 0.3) is 0 Å². The molecule has 0 bridgehead atoms. The van der Waals surface area contributed by atoms with E-state index >= 15 is 0 Å². The van der Waals surface area contributed by atoms with E-state index in [1.165, 1.54) is 0 Å². The molecule has 0 saturated carbocycles. The Bertz CT molecular complexity index is 2430. The Hall–Kier alpha value is -5.55. The van der Waals surface area contributed by atoms with Gasteiger partial charge in [0.1, 0.15) is 11.2 Å². The quantitative estimate of drug-likeness (QED) is 0.219. The van der Waals surface area contributed by atoms with Crippen molar-refractivity contribution in [2.24, 2.45) is 0 Å². The van der Waals surface area contributed by atoms with Crippen molar-refractivity contribution in [3.8, 4) is 17.2 Å². The summed E-state index contributed by atoms with van der Waals surface area (Å²) in [6, 6.07) is 42.1. The van der Waals surface area contributed by atoms with Crippen LogP contribution in [-0.2, 0) is 0 Å². The second kappa shape index (κ2) is 7.98. The van der Waals surface area contributed by atoms with E-state index in [1.807, 2.05) is 24.3 Å². The number of aromatic nitrogens is 5. The fourth-order valence-electron chi connectivity index (χ4n) is 6.15. The van der Waals surface area contributed by atoms with Crippen LogP contribution in [0.4, 0.5) is 0 Å². The summed E-state index contributed by atoms with van der Waals surface area (Å²) in [7, 11) is 0. The molecule has 0 aliphatic carbocycles. The molecule has 4 aromatic heterocycles. The molecule has 0 atom stereocenters. The topological polar surface area (TPSA) is 48.0 Å². The van der Waals surface area contributed by atoms with E-state index in [1.54, 1.807) is 0 Å². The molecule has 0 aliphatic heterocycles. The molecule has 0 N–H and O–H groups in total. The molecule has 0 fully saturated rings. The smallest absolute Gasteiger partial charge is 0.235 e. The van der Waals surface area contributed by atoms with Crippen molar-refractivity contribution in [1.29, 1.82) is 0 Å². The van der Waals surface area contributed by atoms with Gasteiger partial charge in [0, 0.05) is 33.3 Å². The normalized spacial score (nSPS) is 12.0. The zero-order valence-corrected chi connectivity index (χ0v) is 21.4. The highest BCUT2D eigenvalue weighted by Crippen LogP contribution is 2.38. The Morgan fingerprint density at radius 2 is 1.25 bits per heavy atom. The van der Waals surface area contributed by atoms with Gasteiger partial charge in [-0.15, -0.1) is 0 Å². The van der Waals surface area contributed by atoms with Gasteiger partial charge in [-0.25, -0.2) is 15.0 Å². The molecule has 40 heavy (non-hydrogen) atoms. The average molecular weight is 512 g/mol. The highest BCUT2D eigenvalue weighted by atomic mass is 15.2. The van der Waals surface area contributed by atoms with Gasteiger partial charge in [0.2, 0.25) is 5.95 Å². The second-order valence-corrected chi connectivity index (χ2v) is 10.1. The van der Waals surface area contributed by atoms with Gasteiger partial charge in [0.05, 0.1) is 27.8 Å². The van der Waals surface area contributed by atoms with E-state index < -0.39 is 0 Å². The third-order valence-corrected chi connectivity index (χ3v) is 7.94. The first-order chi connectivity index (χ1) is 19.8. The molecular weight excluding hydrogens is 490 g/mol. The average Bonchev–Trinajstić information content (AvgIpc) is 3.57. The van der Waals surface area contributed by atoms with Crippen LogP contribution in [0, 0.1) is 0 Å². The molecule has 0 spiro atoms. The Balaban J connectivity index is 1.50. The first-order valence-electron chi connectivity index (χ1n) is 13.4. The van der Waals surface area contributed by atoms with E-state index in [-0.39, 0.29) is 0 Å². The maximum atomic E-state index is 5.31. The molecule has 186 valence electrons. The minimum atomic E-state index is 0.637. The van der Waals surface area contributed by atoms with Crippen molar-refractivity contribution in [2.45, 2.75) is 0 Å². The van der Waals surface area contributed by atoms with Crippen LogP contribution in [-0.4, -0.2) is 23.9 Å². The van der Waals surface area contributed by atoms with Crippen LogP contribution in [0.15, 0.2) is 128 Å². The molecule has 0 amide bonds. The summed E-state index contributed by atoms with van der Waals surface area (Å²) in [5.74, 6) is 0.637. The van der Waals surface area contributed by atoms with Gasteiger partial charge in [-0.1, -0.05) is 84.9 Å². The standard InChI is InChI=1S/C35H21N5/c1-2-11-23(12-3-1)31-27-18-17-22-10-4-5-13-24(22)32(27)38-35(37-31)40-28-15-7-6-14-25(28)26-19-20-29-33(34(26)40)36-30-16-8-9-21-39(29)30/h1-21H. The Labute approximate surface area is 228 Å². The van der Waals surface area contributed by atoms with Crippen LogP contribution < -0.4 is 0 Å². The number of fused-ring (bicyclic) bond motifs is 10. The number of hydrogen-bond donors (Lipinski definition) is 0. The molecule has 5 aromatic carbocycles. The maximum absolute atomic E-state index is 5.31. The molecule has 0 unspecified atom stereocenters. The van der Waals surface area contributed by atoms with Gasteiger partial charge in [-0.05, 0) is 41.8 Å². The lowest BCUT2D eigenvalue weighted by atomic mass is 10.0. The highest BCUT2D eigenvalue weighted by Gasteiger charge is 2.21. The van der Waals surface area contributed by atoms with Crippen molar-refractivity contribution in [1.82, 2.24) is 23.9 Å². The van der Waals surface area contributed by atoms with E-state index in [2.05, 4.69) is 112 Å². The molecule has 0 aliphatic rings. The minimum absolute atomic E-state index is 0.637. The Kier molecular flexibility index (Phi) is 4.27. The van der Waals surface area contributed by atoms with E-state index in [0.717, 1.165) is 71.4 Å². The van der Waals surface area contributed by atoms with Crippen LogP contribution in [0.1, 0.15) is 0 Å². The predicted molar refractivity (Wildman–Crippen MR) is 163 cm³/mol. The zero-order chi connectivity index (χ0) is 26.2. The number of para-hydroxylation sites is 1. The Morgan fingerprint density at radius 1 is 0.475 bits per heavy atom. The van der Waals surface area contributed by atoms with Gasteiger partial charge in [-0.3, -0.25) is 8.97 Å². The summed E-state index contributed by atoms with van der Waals surface area (Å²) in [6.07, 6.45) is 2.07. The summed E-state index contributed by atoms with van der Waals surface area (Å²) < 4.78 is 4.34. The molecule has 5 heteroatoms. The van der Waals surface area contributed by atoms with Crippen LogP contribution in [0.2, 0.25) is 0 Å². The molecule has 5 nitrogen and oxygen atoms in total. The van der Waals surface area contributed by atoms with Crippen LogP contribution >= 0.6 is 0 Å². The summed E-state index contributed by atoms with van der Waals surface area (Å²) in [6.45, 7) is 0. The third-order valence-electron chi connectivity index (χ3n) is 7.94. The zero-order valence-electron chi connectivity index (χ0n) is 21.4. The van der Waals surface area contributed by atoms with Gasteiger partial charge in [-0.2, -0.15) is 0 Å². The molecule has 9 aromatic rings. The number of pyridine rings is 1. The summed E-state index contributed by atoms with van der Waals surface area (Å²) in [4.78, 5) is 15.7. The first-order valence-corrected chi connectivity index (χ1v) is 13.4. The fourth-order valence-corrected chi connectivity index (χ4v) is 6.15. The van der Waals surface area contributed by atoms with Crippen molar-refractivity contribution < 1.29 is 0 Å². The van der Waals surface area contributed by atoms with Gasteiger partial charge in [0.15, 0.2) is 0 Å². The number of rotatable bonds is 2. The third kappa shape index (κ3) is 2.89. The summed E-state index contributed by atoms with van der Waals surface area (Å²) in [5, 5.41) is 5.59. The molecule has 0 saturated heterocycles. The molecular formula is C35H21N5. The lowest BCUT2D eigenvalue weighted by molar-refractivity contribution is 1.02. The largest absolute Gasteiger partial charge is 0.300 e. The van der Waals surface area contributed by atoms with Crippen molar-refractivity contribution in [2.75, 3.05) is 0 Å². The fraction of sp³-hybridized carbons (Fsp3) is 0. The van der Waals surface area contributed by atoms with E-state index in [9.17, 15) is 0 Å². The van der Waals surface area contributed by atoms with Crippen molar-refractivity contribution in [3.05, 3.63) is 128 Å². The Morgan fingerprint density at radius 3 is 2.17 bits per heavy atom. The first kappa shape index (κ1) is 21.4. The number of benzene rings is 5. The number of hydrogen-bond acceptors (Lipinski definition) is 3. The SMILES string of the molecule is c1ccc(-c2nc(-n3c4ccccc4c4ccc5c(nc6ccccn65)c43)nc3c2ccc2ccccc23)cc1. The molecule has 4 heterocycles. The van der Waals surface area contributed by atoms with Crippen LogP contribution in [0.3, 0.4) is 0 Å². The van der Waals surface area contributed by atoms with Crippen molar-refractivity contribution >= 4 is 60.2 Å². The predicted octanol–water partition coefficient (Wildman–Crippen LogP) is 8.35. The molecule has 0 radical (unpaired) electrons. The van der Waals surface area contributed by atoms with E-state index in [4.69, 9.17) is 15.0 Å². The monoisotopic (exact) mass is 511 g/mol. The van der Waals surface area contributed by atoms with Gasteiger partial charge >= 0.3 is 0 Å². The lowest BCUT2D eigenvalue weighted by Gasteiger charge is -2.13. The van der Waals surface area contributed by atoms with Crippen molar-refractivity contribution in [3.63, 3.8) is 0 Å². The summed E-state index contributed by atoms with van der Waals surface area (Å²) >= 11 is 0. The van der Waals surface area contributed by atoms with E-state index in [0.29, 0.717) is 5.95 Å².